The maximum atomic E-state index is 9.95. The summed E-state index contributed by atoms with van der Waals surface area (Å²) in [5.74, 6) is 0.846. The molecule has 3 heteroatoms. The van der Waals surface area contributed by atoms with Gasteiger partial charge < -0.3 is 10.8 Å². The largest absolute Gasteiger partial charge is 0.507 e. The number of halogens is 1. The number of hydrogen-bond donors (Lipinski definition) is 2. The van der Waals surface area contributed by atoms with E-state index in [1.54, 1.807) is 0 Å². The maximum Gasteiger partial charge on any atom is 0.123 e. The molecule has 2 rings (SSSR count). The molecule has 0 aromatic heterocycles. The first-order valence-electron chi connectivity index (χ1n) is 5.10. The normalized spacial score (nSPS) is 23.5. The van der Waals surface area contributed by atoms with Gasteiger partial charge in [-0.2, -0.15) is 0 Å². The number of phenols is 1. The molecule has 0 saturated carbocycles. The van der Waals surface area contributed by atoms with Crippen LogP contribution in [0.5, 0.6) is 5.75 Å². The first kappa shape index (κ1) is 12.3. The first-order chi connectivity index (χ1) is 6.52. The number of nitrogens with two attached hydrogens (primary N) is 1. The summed E-state index contributed by atoms with van der Waals surface area (Å²) in [6, 6.07) is 2.04. The highest BCUT2D eigenvalue weighted by molar-refractivity contribution is 5.85. The van der Waals surface area contributed by atoms with E-state index in [0.717, 1.165) is 17.5 Å². The minimum Gasteiger partial charge on any atom is -0.507 e. The number of phenolic OH excluding ortho intramolecular Hbond substituents is 1. The summed E-state index contributed by atoms with van der Waals surface area (Å²) < 4.78 is 0. The Kier molecular flexibility index (Phi) is 3.31. The molecule has 1 aliphatic carbocycles. The fraction of sp³-hybridized carbons (Fsp3) is 0.500. The molecule has 0 fully saturated rings. The van der Waals surface area contributed by atoms with Crippen molar-refractivity contribution in [1.29, 1.82) is 0 Å². The van der Waals surface area contributed by atoms with Crippen molar-refractivity contribution in [2.75, 3.05) is 0 Å². The lowest BCUT2D eigenvalue weighted by Gasteiger charge is -2.13. The lowest BCUT2D eigenvalue weighted by atomic mass is 9.98. The van der Waals surface area contributed by atoms with Crippen molar-refractivity contribution in [3.63, 3.8) is 0 Å². The van der Waals surface area contributed by atoms with Crippen molar-refractivity contribution in [3.8, 4) is 5.75 Å². The molecule has 0 radical (unpaired) electrons. The van der Waals surface area contributed by atoms with Crippen LogP contribution in [0.1, 0.15) is 35.2 Å². The Morgan fingerprint density at radius 2 is 1.93 bits per heavy atom. The molecule has 0 spiro atoms. The fourth-order valence-corrected chi connectivity index (χ4v) is 2.41. The molecule has 2 atom stereocenters. The summed E-state index contributed by atoms with van der Waals surface area (Å²) in [6.45, 7) is 6.16. The second-order valence-corrected chi connectivity index (χ2v) is 4.46. The van der Waals surface area contributed by atoms with Gasteiger partial charge in [0, 0.05) is 11.6 Å². The van der Waals surface area contributed by atoms with Crippen LogP contribution in [0, 0.1) is 19.8 Å². The summed E-state index contributed by atoms with van der Waals surface area (Å²) in [4.78, 5) is 0. The Morgan fingerprint density at radius 1 is 1.33 bits per heavy atom. The van der Waals surface area contributed by atoms with Crippen LogP contribution in [0.2, 0.25) is 0 Å². The van der Waals surface area contributed by atoms with Crippen molar-refractivity contribution in [1.82, 2.24) is 0 Å². The molecule has 3 N–H and O–H groups in total. The van der Waals surface area contributed by atoms with Crippen molar-refractivity contribution in [2.45, 2.75) is 33.2 Å². The predicted octanol–water partition coefficient (Wildman–Crippen LogP) is 2.62. The highest BCUT2D eigenvalue weighted by atomic mass is 35.5. The molecule has 0 heterocycles. The third kappa shape index (κ3) is 1.72. The summed E-state index contributed by atoms with van der Waals surface area (Å²) in [7, 11) is 0. The lowest BCUT2D eigenvalue weighted by Crippen LogP contribution is -2.13. The third-order valence-corrected chi connectivity index (χ3v) is 3.34. The van der Waals surface area contributed by atoms with Gasteiger partial charge in [-0.3, -0.25) is 0 Å². The van der Waals surface area contributed by atoms with Crippen molar-refractivity contribution < 1.29 is 5.11 Å². The Labute approximate surface area is 96.9 Å². The van der Waals surface area contributed by atoms with Crippen LogP contribution >= 0.6 is 12.4 Å². The monoisotopic (exact) mass is 227 g/mol. The summed E-state index contributed by atoms with van der Waals surface area (Å²) in [5, 5.41) is 9.95. The van der Waals surface area contributed by atoms with Gasteiger partial charge in [-0.25, -0.2) is 0 Å². The van der Waals surface area contributed by atoms with E-state index in [0.29, 0.717) is 11.7 Å². The van der Waals surface area contributed by atoms with Gasteiger partial charge in [0.1, 0.15) is 5.75 Å². The highest BCUT2D eigenvalue weighted by Crippen LogP contribution is 2.42. The number of rotatable bonds is 0. The van der Waals surface area contributed by atoms with Gasteiger partial charge in [-0.05, 0) is 42.9 Å². The van der Waals surface area contributed by atoms with Crippen LogP contribution in [-0.2, 0) is 6.42 Å². The summed E-state index contributed by atoms with van der Waals surface area (Å²) >= 11 is 0. The van der Waals surface area contributed by atoms with E-state index in [-0.39, 0.29) is 18.4 Å². The molecule has 0 aliphatic heterocycles. The van der Waals surface area contributed by atoms with E-state index < -0.39 is 0 Å². The standard InChI is InChI=1S/C12H17NO.ClH/c1-6-4-8(3)12(14)10-9(6)5-7(2)11(10)13;/h4,7,11,14H,5,13H2,1-3H3;1H. The van der Waals surface area contributed by atoms with Crippen LogP contribution in [0.15, 0.2) is 6.07 Å². The van der Waals surface area contributed by atoms with E-state index in [1.807, 2.05) is 13.0 Å². The summed E-state index contributed by atoms with van der Waals surface area (Å²) in [6.07, 6.45) is 0.996. The number of fused-ring (bicyclic) bond motifs is 1. The Bertz CT molecular complexity index is 390. The van der Waals surface area contributed by atoms with E-state index in [4.69, 9.17) is 5.73 Å². The van der Waals surface area contributed by atoms with Gasteiger partial charge in [0.15, 0.2) is 0 Å². The van der Waals surface area contributed by atoms with E-state index in [2.05, 4.69) is 13.8 Å². The number of hydrogen-bond acceptors (Lipinski definition) is 2. The molecule has 0 amide bonds. The Balaban J connectivity index is 0.00000112. The quantitative estimate of drug-likeness (QED) is 0.716. The van der Waals surface area contributed by atoms with Gasteiger partial charge in [0.05, 0.1) is 0 Å². The van der Waals surface area contributed by atoms with Crippen LogP contribution in [-0.4, -0.2) is 5.11 Å². The topological polar surface area (TPSA) is 46.2 Å². The van der Waals surface area contributed by atoms with Crippen molar-refractivity contribution in [3.05, 3.63) is 28.3 Å². The van der Waals surface area contributed by atoms with Crippen molar-refractivity contribution >= 4 is 12.4 Å². The molecule has 1 aromatic carbocycles. The minimum absolute atomic E-state index is 0. The Hall–Kier alpha value is -0.730. The number of aromatic hydroxyl groups is 1. The molecule has 2 nitrogen and oxygen atoms in total. The average molecular weight is 228 g/mol. The second kappa shape index (κ2) is 4.03. The molecule has 1 aromatic rings. The lowest BCUT2D eigenvalue weighted by molar-refractivity contribution is 0.446. The molecule has 84 valence electrons. The van der Waals surface area contributed by atoms with Crippen molar-refractivity contribution in [2.24, 2.45) is 11.7 Å². The first-order valence-corrected chi connectivity index (χ1v) is 5.10. The molecule has 2 unspecified atom stereocenters. The van der Waals surface area contributed by atoms with E-state index >= 15 is 0 Å². The zero-order valence-corrected chi connectivity index (χ0v) is 10.2. The van der Waals surface area contributed by atoms with Gasteiger partial charge in [-0.1, -0.05) is 13.0 Å². The molecule has 15 heavy (non-hydrogen) atoms. The fourth-order valence-electron chi connectivity index (χ4n) is 2.41. The maximum absolute atomic E-state index is 9.95. The average Bonchev–Trinajstić information content (AvgIpc) is 2.41. The number of benzene rings is 1. The van der Waals surface area contributed by atoms with Gasteiger partial charge >= 0.3 is 0 Å². The summed E-state index contributed by atoms with van der Waals surface area (Å²) in [5.41, 5.74) is 10.5. The van der Waals surface area contributed by atoms with E-state index in [9.17, 15) is 5.11 Å². The van der Waals surface area contributed by atoms with Crippen LogP contribution in [0.4, 0.5) is 0 Å². The molecule has 0 bridgehead atoms. The molecule has 0 saturated heterocycles. The molecular weight excluding hydrogens is 210 g/mol. The predicted molar refractivity (Wildman–Crippen MR) is 64.6 cm³/mol. The van der Waals surface area contributed by atoms with Crippen LogP contribution in [0.25, 0.3) is 0 Å². The van der Waals surface area contributed by atoms with Crippen LogP contribution < -0.4 is 5.73 Å². The van der Waals surface area contributed by atoms with Crippen LogP contribution in [0.3, 0.4) is 0 Å². The van der Waals surface area contributed by atoms with Gasteiger partial charge in [-0.15, -0.1) is 12.4 Å². The van der Waals surface area contributed by atoms with Gasteiger partial charge in [0.25, 0.3) is 0 Å². The zero-order valence-electron chi connectivity index (χ0n) is 9.37. The molecule has 1 aliphatic rings. The second-order valence-electron chi connectivity index (χ2n) is 4.46. The highest BCUT2D eigenvalue weighted by Gasteiger charge is 2.30. The third-order valence-electron chi connectivity index (χ3n) is 3.34. The Morgan fingerprint density at radius 3 is 2.53 bits per heavy atom. The SMILES string of the molecule is Cc1cc(C)c2c(c1O)C(N)C(C)C2.Cl. The number of aryl methyl sites for hydroxylation is 2. The molecular formula is C12H18ClNO. The smallest absolute Gasteiger partial charge is 0.123 e. The van der Waals surface area contributed by atoms with Gasteiger partial charge in [0.2, 0.25) is 0 Å². The minimum atomic E-state index is 0. The van der Waals surface area contributed by atoms with E-state index in [1.165, 1.54) is 11.1 Å². The zero-order chi connectivity index (χ0) is 10.5.